The average molecular weight is 243 g/mol. The first-order valence-corrected chi connectivity index (χ1v) is 7.53. The summed E-state index contributed by atoms with van der Waals surface area (Å²) in [6.45, 7) is 7.43. The maximum atomic E-state index is 5.41. The van der Waals surface area contributed by atoms with Crippen molar-refractivity contribution in [3.05, 3.63) is 0 Å². The summed E-state index contributed by atoms with van der Waals surface area (Å²) in [5, 5.41) is 6.84. The standard InChI is InChI=1S/C14H33N3/c1-2-3-4-5-6-7-8-11-16-13-14-17-12-9-10-15/h16-17H,2-15H2,1H3. The molecule has 0 rings (SSSR count). The van der Waals surface area contributed by atoms with Crippen LogP contribution in [0.3, 0.4) is 0 Å². The van der Waals surface area contributed by atoms with Crippen molar-refractivity contribution in [2.24, 2.45) is 5.73 Å². The van der Waals surface area contributed by atoms with Gasteiger partial charge in [-0.2, -0.15) is 0 Å². The van der Waals surface area contributed by atoms with Crippen LogP contribution >= 0.6 is 0 Å². The van der Waals surface area contributed by atoms with Gasteiger partial charge in [0.05, 0.1) is 0 Å². The lowest BCUT2D eigenvalue weighted by molar-refractivity contribution is 0.549. The number of hydrogen-bond acceptors (Lipinski definition) is 3. The van der Waals surface area contributed by atoms with E-state index < -0.39 is 0 Å². The Bertz CT molecular complexity index is 115. The molecule has 0 bridgehead atoms. The van der Waals surface area contributed by atoms with Gasteiger partial charge in [0.25, 0.3) is 0 Å². The molecule has 3 heteroatoms. The topological polar surface area (TPSA) is 50.1 Å². The molecular formula is C14H33N3. The molecule has 0 saturated carbocycles. The summed E-state index contributed by atoms with van der Waals surface area (Å²) in [4.78, 5) is 0. The molecule has 4 N–H and O–H groups in total. The first-order valence-electron chi connectivity index (χ1n) is 7.53. The zero-order valence-electron chi connectivity index (χ0n) is 11.8. The van der Waals surface area contributed by atoms with E-state index in [4.69, 9.17) is 5.73 Å². The number of nitrogens with two attached hydrogens (primary N) is 1. The highest BCUT2D eigenvalue weighted by atomic mass is 14.9. The van der Waals surface area contributed by atoms with E-state index >= 15 is 0 Å². The second kappa shape index (κ2) is 15.9. The van der Waals surface area contributed by atoms with Gasteiger partial charge in [-0.3, -0.25) is 0 Å². The molecule has 0 spiro atoms. The summed E-state index contributed by atoms with van der Waals surface area (Å²) >= 11 is 0. The molecule has 0 aromatic rings. The summed E-state index contributed by atoms with van der Waals surface area (Å²) in [6, 6.07) is 0. The zero-order chi connectivity index (χ0) is 12.6. The Hall–Kier alpha value is -0.120. The summed E-state index contributed by atoms with van der Waals surface area (Å²) in [7, 11) is 0. The third kappa shape index (κ3) is 15.9. The maximum Gasteiger partial charge on any atom is 0.00767 e. The Kier molecular flexibility index (Phi) is 15.8. The van der Waals surface area contributed by atoms with E-state index in [1.165, 1.54) is 51.5 Å². The average Bonchev–Trinajstić information content (AvgIpc) is 2.35. The van der Waals surface area contributed by atoms with Crippen molar-refractivity contribution in [3.63, 3.8) is 0 Å². The van der Waals surface area contributed by atoms with Crippen molar-refractivity contribution >= 4 is 0 Å². The van der Waals surface area contributed by atoms with Crippen molar-refractivity contribution < 1.29 is 0 Å². The molecule has 0 amide bonds. The molecule has 0 aliphatic carbocycles. The first kappa shape index (κ1) is 16.9. The molecule has 0 radical (unpaired) electrons. The monoisotopic (exact) mass is 243 g/mol. The number of unbranched alkanes of at least 4 members (excludes halogenated alkanes) is 6. The van der Waals surface area contributed by atoms with Crippen LogP contribution in [0.15, 0.2) is 0 Å². The maximum absolute atomic E-state index is 5.41. The van der Waals surface area contributed by atoms with E-state index in [9.17, 15) is 0 Å². The Morgan fingerprint density at radius 3 is 1.76 bits per heavy atom. The molecule has 0 fully saturated rings. The molecule has 17 heavy (non-hydrogen) atoms. The molecule has 0 unspecified atom stereocenters. The van der Waals surface area contributed by atoms with E-state index in [-0.39, 0.29) is 0 Å². The Morgan fingerprint density at radius 1 is 0.647 bits per heavy atom. The van der Waals surface area contributed by atoms with Gasteiger partial charge in [0.15, 0.2) is 0 Å². The van der Waals surface area contributed by atoms with Crippen LogP contribution in [0.5, 0.6) is 0 Å². The second-order valence-corrected chi connectivity index (χ2v) is 4.76. The van der Waals surface area contributed by atoms with Crippen molar-refractivity contribution in [2.75, 3.05) is 32.7 Å². The van der Waals surface area contributed by atoms with E-state index in [0.29, 0.717) is 0 Å². The van der Waals surface area contributed by atoms with Gasteiger partial charge in [0.2, 0.25) is 0 Å². The van der Waals surface area contributed by atoms with E-state index in [1.54, 1.807) is 0 Å². The van der Waals surface area contributed by atoms with Crippen LogP contribution in [0.4, 0.5) is 0 Å². The molecular weight excluding hydrogens is 210 g/mol. The Morgan fingerprint density at radius 2 is 1.18 bits per heavy atom. The highest BCUT2D eigenvalue weighted by Crippen LogP contribution is 2.05. The molecule has 0 aromatic carbocycles. The van der Waals surface area contributed by atoms with Crippen molar-refractivity contribution in [3.8, 4) is 0 Å². The predicted molar refractivity (Wildman–Crippen MR) is 77.4 cm³/mol. The van der Waals surface area contributed by atoms with Crippen LogP contribution in [0.2, 0.25) is 0 Å². The first-order chi connectivity index (χ1) is 8.41. The van der Waals surface area contributed by atoms with Crippen LogP contribution in [-0.2, 0) is 0 Å². The Labute approximate surface area is 108 Å². The van der Waals surface area contributed by atoms with Crippen LogP contribution in [0, 0.1) is 0 Å². The Balaban J connectivity index is 2.85. The van der Waals surface area contributed by atoms with Crippen LogP contribution in [0.25, 0.3) is 0 Å². The van der Waals surface area contributed by atoms with Gasteiger partial charge in [-0.25, -0.2) is 0 Å². The quantitative estimate of drug-likeness (QED) is 0.410. The molecule has 0 atom stereocenters. The van der Waals surface area contributed by atoms with Crippen molar-refractivity contribution in [2.45, 2.75) is 58.3 Å². The molecule has 0 aromatic heterocycles. The van der Waals surface area contributed by atoms with Gasteiger partial charge in [0.1, 0.15) is 0 Å². The van der Waals surface area contributed by atoms with Crippen LogP contribution in [0.1, 0.15) is 58.3 Å². The van der Waals surface area contributed by atoms with E-state index in [1.807, 2.05) is 0 Å². The fourth-order valence-electron chi connectivity index (χ4n) is 1.86. The van der Waals surface area contributed by atoms with Crippen molar-refractivity contribution in [1.29, 1.82) is 0 Å². The number of rotatable bonds is 14. The van der Waals surface area contributed by atoms with Crippen LogP contribution in [-0.4, -0.2) is 32.7 Å². The molecule has 0 aliphatic heterocycles. The minimum atomic E-state index is 0.790. The summed E-state index contributed by atoms with van der Waals surface area (Å²) in [6.07, 6.45) is 10.8. The normalized spacial score (nSPS) is 10.9. The largest absolute Gasteiger partial charge is 0.330 e. The van der Waals surface area contributed by atoms with Gasteiger partial charge in [-0.15, -0.1) is 0 Å². The lowest BCUT2D eigenvalue weighted by Crippen LogP contribution is -2.29. The lowest BCUT2D eigenvalue weighted by atomic mass is 10.1. The minimum absolute atomic E-state index is 0.790. The van der Waals surface area contributed by atoms with Gasteiger partial charge >= 0.3 is 0 Å². The molecule has 104 valence electrons. The van der Waals surface area contributed by atoms with Gasteiger partial charge in [0, 0.05) is 13.1 Å². The van der Waals surface area contributed by atoms with Crippen LogP contribution < -0.4 is 16.4 Å². The third-order valence-electron chi connectivity index (χ3n) is 2.99. The van der Waals surface area contributed by atoms with Gasteiger partial charge in [-0.05, 0) is 32.5 Å². The minimum Gasteiger partial charge on any atom is -0.330 e. The van der Waals surface area contributed by atoms with E-state index in [2.05, 4.69) is 17.6 Å². The molecule has 0 saturated heterocycles. The van der Waals surface area contributed by atoms with Gasteiger partial charge < -0.3 is 16.4 Å². The van der Waals surface area contributed by atoms with Crippen molar-refractivity contribution in [1.82, 2.24) is 10.6 Å². The van der Waals surface area contributed by atoms with Gasteiger partial charge in [-0.1, -0.05) is 45.4 Å². The summed E-state index contributed by atoms with van der Waals surface area (Å²) in [5.41, 5.74) is 5.41. The van der Waals surface area contributed by atoms with E-state index in [0.717, 1.165) is 32.6 Å². The third-order valence-corrected chi connectivity index (χ3v) is 2.99. The molecule has 3 nitrogen and oxygen atoms in total. The fraction of sp³-hybridized carbons (Fsp3) is 1.00. The predicted octanol–water partition coefficient (Wildman–Crippen LogP) is 2.26. The summed E-state index contributed by atoms with van der Waals surface area (Å²) < 4.78 is 0. The fourth-order valence-corrected chi connectivity index (χ4v) is 1.86. The SMILES string of the molecule is CCCCCCCCCNCCNCCCN. The zero-order valence-corrected chi connectivity index (χ0v) is 11.8. The summed E-state index contributed by atoms with van der Waals surface area (Å²) in [5.74, 6) is 0. The highest BCUT2D eigenvalue weighted by Gasteiger charge is 1.91. The molecule has 0 aliphatic rings. The smallest absolute Gasteiger partial charge is 0.00767 e. The second-order valence-electron chi connectivity index (χ2n) is 4.76. The number of hydrogen-bond donors (Lipinski definition) is 3. The lowest BCUT2D eigenvalue weighted by Gasteiger charge is -2.06. The molecule has 0 heterocycles. The highest BCUT2D eigenvalue weighted by molar-refractivity contribution is 4.53. The number of nitrogens with one attached hydrogen (secondary N) is 2.